The third kappa shape index (κ3) is 5.79. The van der Waals surface area contributed by atoms with Gasteiger partial charge in [0.1, 0.15) is 10.1 Å². The maximum Gasteiger partial charge on any atom is 0.412 e. The molecule has 3 N–H and O–H groups in total. The number of benzene rings is 1. The van der Waals surface area contributed by atoms with Gasteiger partial charge in [-0.1, -0.05) is 25.0 Å². The molecule has 1 saturated carbocycles. The van der Waals surface area contributed by atoms with Crippen LogP contribution in [0.25, 0.3) is 10.9 Å². The molecule has 1 fully saturated rings. The topological polar surface area (TPSA) is 122 Å². The second kappa shape index (κ2) is 10.4. The van der Waals surface area contributed by atoms with Gasteiger partial charge < -0.3 is 14.9 Å². The van der Waals surface area contributed by atoms with Crippen molar-refractivity contribution >= 4 is 33.8 Å². The van der Waals surface area contributed by atoms with Gasteiger partial charge in [-0.25, -0.2) is 0 Å². The third-order valence-corrected chi connectivity index (χ3v) is 8.02. The number of fused-ring (bicyclic) bond motifs is 1. The summed E-state index contributed by atoms with van der Waals surface area (Å²) in [5.41, 5.74) is 0.555. The molecule has 2 heterocycles. The van der Waals surface area contributed by atoms with Crippen molar-refractivity contribution in [1.82, 2.24) is 19.5 Å². The number of H-pyrrole nitrogens is 1. The Kier molecular flexibility index (Phi) is 7.60. The van der Waals surface area contributed by atoms with Crippen LogP contribution in [0.3, 0.4) is 0 Å². The molecule has 1 aliphatic rings. The quantitative estimate of drug-likeness (QED) is 0.365. The number of nitrogens with one attached hydrogen (secondary N) is 3. The van der Waals surface area contributed by atoms with E-state index >= 15 is 0 Å². The Bertz CT molecular complexity index is 1340. The second-order valence-corrected chi connectivity index (χ2v) is 12.2. The molecule has 37 heavy (non-hydrogen) atoms. The Labute approximate surface area is 215 Å². The number of hydrogen-bond donors (Lipinski definition) is 3. The zero-order chi connectivity index (χ0) is 27.0. The van der Waals surface area contributed by atoms with Crippen LogP contribution in [0.2, 0.25) is 0 Å². The lowest BCUT2D eigenvalue weighted by Gasteiger charge is -2.29. The minimum atomic E-state index is -4.66. The molecule has 3 aromatic rings. The van der Waals surface area contributed by atoms with Crippen LogP contribution in [-0.2, 0) is 11.4 Å². The maximum atomic E-state index is 13.8. The zero-order valence-corrected chi connectivity index (χ0v) is 21.5. The fraction of sp³-hybridized carbons (Fsp3) is 0.480. The smallest absolute Gasteiger partial charge is 0.412 e. The number of rotatable bonds is 6. The van der Waals surface area contributed by atoms with Gasteiger partial charge in [-0.05, 0) is 57.4 Å². The van der Waals surface area contributed by atoms with Crippen LogP contribution in [0.5, 0.6) is 0 Å². The summed E-state index contributed by atoms with van der Waals surface area (Å²) in [6.07, 6.45) is 0.296. The summed E-state index contributed by atoms with van der Waals surface area (Å²) >= 11 is -1.93. The number of alkyl halides is 3. The molecule has 0 bridgehead atoms. The minimum Gasteiger partial charge on any atom is -0.598 e. The Morgan fingerprint density at radius 3 is 2.49 bits per heavy atom. The van der Waals surface area contributed by atoms with Crippen LogP contribution >= 0.6 is 0 Å². The maximum absolute atomic E-state index is 13.8. The summed E-state index contributed by atoms with van der Waals surface area (Å²) in [5, 5.41) is 17.6. The average Bonchev–Trinajstić information content (AvgIpc) is 3.21. The minimum absolute atomic E-state index is 0.0945. The van der Waals surface area contributed by atoms with Gasteiger partial charge in [-0.2, -0.15) is 23.5 Å². The predicted molar refractivity (Wildman–Crippen MR) is 137 cm³/mol. The SMILES string of the molecule is CC(C)(C)[S@+]([O-])N[C@H](c1ccc(Nc2nn([C@H]3CCCC[C@@H]3C#N)c3cc[nH]c(=O)c23)cc1)C(F)(F)F. The van der Waals surface area contributed by atoms with Crippen molar-refractivity contribution in [3.8, 4) is 6.07 Å². The van der Waals surface area contributed by atoms with Gasteiger partial charge >= 0.3 is 6.18 Å². The van der Waals surface area contributed by atoms with Gasteiger partial charge in [-0.3, -0.25) is 9.48 Å². The van der Waals surface area contributed by atoms with Gasteiger partial charge in [0, 0.05) is 23.2 Å². The molecule has 0 amide bonds. The monoisotopic (exact) mass is 534 g/mol. The van der Waals surface area contributed by atoms with E-state index in [-0.39, 0.29) is 28.9 Å². The molecule has 0 aliphatic heterocycles. The van der Waals surface area contributed by atoms with Crippen molar-refractivity contribution in [3.63, 3.8) is 0 Å². The summed E-state index contributed by atoms with van der Waals surface area (Å²) in [4.78, 5) is 15.3. The van der Waals surface area contributed by atoms with Crippen LogP contribution in [-0.4, -0.2) is 30.2 Å². The summed E-state index contributed by atoms with van der Waals surface area (Å²) in [5.74, 6) is 0.0277. The average molecular weight is 535 g/mol. The molecule has 8 nitrogen and oxygen atoms in total. The highest BCUT2D eigenvalue weighted by atomic mass is 32.2. The number of pyridine rings is 1. The van der Waals surface area contributed by atoms with E-state index in [4.69, 9.17) is 0 Å². The van der Waals surface area contributed by atoms with E-state index in [9.17, 15) is 27.8 Å². The number of anilines is 2. The molecule has 12 heteroatoms. The number of nitriles is 1. The van der Waals surface area contributed by atoms with Crippen LogP contribution in [0.15, 0.2) is 41.3 Å². The first-order chi connectivity index (χ1) is 17.4. The van der Waals surface area contributed by atoms with Gasteiger partial charge in [0.25, 0.3) is 5.56 Å². The van der Waals surface area contributed by atoms with Crippen molar-refractivity contribution in [2.45, 2.75) is 69.5 Å². The predicted octanol–water partition coefficient (Wildman–Crippen LogP) is 5.38. The molecule has 4 rings (SSSR count). The first kappa shape index (κ1) is 27.0. The lowest BCUT2D eigenvalue weighted by Crippen LogP contribution is -2.45. The molecule has 4 atom stereocenters. The fourth-order valence-electron chi connectivity index (χ4n) is 4.50. The number of aromatic amines is 1. The van der Waals surface area contributed by atoms with E-state index in [2.05, 4.69) is 26.2 Å². The van der Waals surface area contributed by atoms with Gasteiger partial charge in [-0.15, -0.1) is 4.72 Å². The zero-order valence-electron chi connectivity index (χ0n) is 20.7. The molecule has 0 radical (unpaired) electrons. The molecule has 2 aromatic heterocycles. The van der Waals surface area contributed by atoms with E-state index in [1.54, 1.807) is 31.5 Å². The first-order valence-electron chi connectivity index (χ1n) is 12.0. The van der Waals surface area contributed by atoms with Crippen molar-refractivity contribution in [3.05, 3.63) is 52.4 Å². The molecule has 0 unspecified atom stereocenters. The third-order valence-electron chi connectivity index (χ3n) is 6.45. The lowest BCUT2D eigenvalue weighted by atomic mass is 9.85. The van der Waals surface area contributed by atoms with E-state index in [1.165, 1.54) is 30.5 Å². The second-order valence-electron chi connectivity index (χ2n) is 10.2. The number of aromatic nitrogens is 3. The van der Waals surface area contributed by atoms with Crippen LogP contribution in [0.1, 0.15) is 64.1 Å². The van der Waals surface area contributed by atoms with E-state index in [0.29, 0.717) is 16.6 Å². The standard InChI is InChI=1S/C25H29F3N6O2S/c1-24(2,3)37(36)33-21(25(26,27)28)15-8-10-17(11-9-15)31-22-20-19(12-13-30-23(20)35)34(32-22)18-7-5-4-6-16(18)14-29/h8-13,16,18,21,33H,4-7H2,1-3H3,(H,30,35)(H,31,32)/t16-,18+,21-,37+/m1/s1. The van der Waals surface area contributed by atoms with Crippen molar-refractivity contribution in [1.29, 1.82) is 5.26 Å². The van der Waals surface area contributed by atoms with E-state index < -0.39 is 28.3 Å². The fourth-order valence-corrected chi connectivity index (χ4v) is 5.34. The Morgan fingerprint density at radius 1 is 1.19 bits per heavy atom. The normalized spacial score (nSPS) is 20.4. The highest BCUT2D eigenvalue weighted by Crippen LogP contribution is 2.38. The van der Waals surface area contributed by atoms with Gasteiger partial charge in [0.05, 0.1) is 23.5 Å². The van der Waals surface area contributed by atoms with Crippen LogP contribution in [0.4, 0.5) is 24.7 Å². The van der Waals surface area contributed by atoms with E-state index in [1.807, 2.05) is 0 Å². The van der Waals surface area contributed by atoms with E-state index in [0.717, 1.165) is 25.7 Å². The lowest BCUT2D eigenvalue weighted by molar-refractivity contribution is -0.153. The molecule has 198 valence electrons. The summed E-state index contributed by atoms with van der Waals surface area (Å²) in [6, 6.07) is 7.30. The summed E-state index contributed by atoms with van der Waals surface area (Å²) in [7, 11) is 0. The molecule has 1 aromatic carbocycles. The Hall–Kier alpha value is -3.01. The largest absolute Gasteiger partial charge is 0.598 e. The molecule has 0 saturated heterocycles. The van der Waals surface area contributed by atoms with Crippen LogP contribution in [0, 0.1) is 17.2 Å². The summed E-state index contributed by atoms with van der Waals surface area (Å²) < 4.78 is 56.7. The van der Waals surface area contributed by atoms with Crippen molar-refractivity contribution in [2.75, 3.05) is 5.32 Å². The number of halogens is 3. The highest BCUT2D eigenvalue weighted by Gasteiger charge is 2.45. The first-order valence-corrected chi connectivity index (χ1v) is 13.2. The van der Waals surface area contributed by atoms with Crippen molar-refractivity contribution in [2.24, 2.45) is 5.92 Å². The Balaban J connectivity index is 1.65. The molecule has 0 spiro atoms. The molecule has 1 aliphatic carbocycles. The highest BCUT2D eigenvalue weighted by molar-refractivity contribution is 7.90. The van der Waals surface area contributed by atoms with Gasteiger partial charge in [0.15, 0.2) is 11.9 Å². The van der Waals surface area contributed by atoms with Crippen molar-refractivity contribution < 1.29 is 17.7 Å². The van der Waals surface area contributed by atoms with Crippen LogP contribution < -0.4 is 15.6 Å². The molecular weight excluding hydrogens is 505 g/mol. The van der Waals surface area contributed by atoms with Gasteiger partial charge in [0.2, 0.25) is 0 Å². The summed E-state index contributed by atoms with van der Waals surface area (Å²) in [6.45, 7) is 4.77. The number of nitrogens with zero attached hydrogens (tertiary/aromatic N) is 3. The molecular formula is C25H29F3N6O2S. The Morgan fingerprint density at radius 2 is 1.86 bits per heavy atom. The number of hydrogen-bond acceptors (Lipinski definition) is 6.